The highest BCUT2D eigenvalue weighted by atomic mass is 16.5. The number of aromatic nitrogens is 1. The molecule has 4 rings (SSSR count). The van der Waals surface area contributed by atoms with Crippen molar-refractivity contribution in [1.29, 1.82) is 0 Å². The van der Waals surface area contributed by atoms with Crippen molar-refractivity contribution < 1.29 is 9.53 Å². The van der Waals surface area contributed by atoms with E-state index in [0.29, 0.717) is 13.0 Å². The van der Waals surface area contributed by atoms with E-state index >= 15 is 0 Å². The summed E-state index contributed by atoms with van der Waals surface area (Å²) in [6, 6.07) is 11.7. The highest BCUT2D eigenvalue weighted by molar-refractivity contribution is 5.95. The summed E-state index contributed by atoms with van der Waals surface area (Å²) in [5.41, 5.74) is 9.24. The van der Waals surface area contributed by atoms with Crippen molar-refractivity contribution in [2.45, 2.75) is 49.8 Å². The molecule has 0 spiro atoms. The Balaban J connectivity index is 1.54. The molecule has 0 radical (unpaired) electrons. The summed E-state index contributed by atoms with van der Waals surface area (Å²) in [5.74, 6) is 0.760. The third kappa shape index (κ3) is 4.66. The van der Waals surface area contributed by atoms with E-state index in [1.165, 1.54) is 12.8 Å². The molecule has 1 aromatic carbocycles. The molecule has 29 heavy (non-hydrogen) atoms. The van der Waals surface area contributed by atoms with Crippen LogP contribution in [0.4, 0.5) is 5.69 Å². The third-order valence-corrected chi connectivity index (χ3v) is 6.22. The van der Waals surface area contributed by atoms with E-state index in [2.05, 4.69) is 21.7 Å². The van der Waals surface area contributed by atoms with Gasteiger partial charge in [-0.05, 0) is 60.6 Å². The molecule has 2 aromatic rings. The molecule has 4 N–H and O–H groups in total. The minimum Gasteiger partial charge on any atom is -0.380 e. The Bertz CT molecular complexity index is 840. The van der Waals surface area contributed by atoms with Crippen molar-refractivity contribution in [3.8, 4) is 0 Å². The molecule has 1 saturated heterocycles. The van der Waals surface area contributed by atoms with E-state index in [4.69, 9.17) is 10.5 Å². The van der Waals surface area contributed by atoms with Gasteiger partial charge in [0, 0.05) is 31.7 Å². The highest BCUT2D eigenvalue weighted by Gasteiger charge is 2.33. The van der Waals surface area contributed by atoms with Gasteiger partial charge in [0.15, 0.2) is 0 Å². The summed E-state index contributed by atoms with van der Waals surface area (Å²) in [6.45, 7) is 0.698. The Labute approximate surface area is 172 Å². The molecule has 1 unspecified atom stereocenters. The molecule has 2 aliphatic rings. The molecule has 1 aliphatic carbocycles. The summed E-state index contributed by atoms with van der Waals surface area (Å²) >= 11 is 0. The van der Waals surface area contributed by atoms with Crippen molar-refractivity contribution in [1.82, 2.24) is 10.3 Å². The fourth-order valence-electron chi connectivity index (χ4n) is 4.13. The lowest BCUT2D eigenvalue weighted by atomic mass is 9.80. The van der Waals surface area contributed by atoms with Gasteiger partial charge in [0.25, 0.3) is 0 Å². The topological polar surface area (TPSA) is 89.3 Å². The fourth-order valence-corrected chi connectivity index (χ4v) is 4.13. The number of nitrogens with zero attached hydrogens (tertiary/aromatic N) is 1. The first-order valence-electron chi connectivity index (χ1n) is 10.5. The SMILES string of the molecule is CO[C@H]1CN[C@@H](C(=O)Nc2cccc(C(N)(CCC3CC3)c3ccncc3)c2)C1. The minimum absolute atomic E-state index is 0.0359. The van der Waals surface area contributed by atoms with Gasteiger partial charge in [-0.3, -0.25) is 9.78 Å². The Morgan fingerprint density at radius 3 is 2.76 bits per heavy atom. The van der Waals surface area contributed by atoms with Crippen LogP contribution in [0.2, 0.25) is 0 Å². The van der Waals surface area contributed by atoms with Crippen LogP contribution in [-0.4, -0.2) is 36.7 Å². The Morgan fingerprint density at radius 1 is 1.28 bits per heavy atom. The van der Waals surface area contributed by atoms with E-state index in [1.807, 2.05) is 30.3 Å². The predicted octanol–water partition coefficient (Wildman–Crippen LogP) is 2.79. The molecule has 1 aliphatic heterocycles. The second kappa shape index (κ2) is 8.61. The number of nitrogens with one attached hydrogen (secondary N) is 2. The normalized spacial score (nSPS) is 23.5. The number of rotatable bonds is 8. The number of benzene rings is 1. The van der Waals surface area contributed by atoms with Crippen LogP contribution in [0.1, 0.15) is 43.2 Å². The molecular formula is C23H30N4O2. The first-order valence-corrected chi connectivity index (χ1v) is 10.5. The van der Waals surface area contributed by atoms with Gasteiger partial charge in [-0.15, -0.1) is 0 Å². The van der Waals surface area contributed by atoms with E-state index < -0.39 is 5.54 Å². The maximum atomic E-state index is 12.7. The van der Waals surface area contributed by atoms with Crippen LogP contribution in [-0.2, 0) is 15.1 Å². The van der Waals surface area contributed by atoms with Crippen LogP contribution >= 0.6 is 0 Å². The van der Waals surface area contributed by atoms with Crippen molar-refractivity contribution in [2.24, 2.45) is 11.7 Å². The summed E-state index contributed by atoms with van der Waals surface area (Å²) in [4.78, 5) is 16.8. The van der Waals surface area contributed by atoms with Crippen molar-refractivity contribution >= 4 is 11.6 Å². The van der Waals surface area contributed by atoms with Gasteiger partial charge in [0.05, 0.1) is 17.7 Å². The van der Waals surface area contributed by atoms with Crippen LogP contribution in [0, 0.1) is 5.92 Å². The van der Waals surface area contributed by atoms with Gasteiger partial charge in [-0.25, -0.2) is 0 Å². The van der Waals surface area contributed by atoms with Crippen LogP contribution in [0.5, 0.6) is 0 Å². The number of anilines is 1. The Morgan fingerprint density at radius 2 is 2.07 bits per heavy atom. The number of carbonyl (C=O) groups is 1. The molecule has 6 heteroatoms. The standard InChI is InChI=1S/C23H30N4O2/c1-29-20-14-21(26-15-20)22(28)27-19-4-2-3-18(13-19)23(24,10-7-16-5-6-16)17-8-11-25-12-9-17/h2-4,8-9,11-13,16,20-21,26H,5-7,10,14-15,24H2,1H3,(H,27,28)/t20-,21-,23?/m1/s1. The van der Waals surface area contributed by atoms with E-state index in [9.17, 15) is 4.79 Å². The minimum atomic E-state index is -0.598. The molecule has 1 amide bonds. The summed E-state index contributed by atoms with van der Waals surface area (Å²) < 4.78 is 5.34. The van der Waals surface area contributed by atoms with Crippen LogP contribution in [0.3, 0.4) is 0 Å². The molecule has 2 heterocycles. The maximum Gasteiger partial charge on any atom is 0.241 e. The van der Waals surface area contributed by atoms with Crippen molar-refractivity contribution in [2.75, 3.05) is 19.0 Å². The monoisotopic (exact) mass is 394 g/mol. The second-order valence-electron chi connectivity index (χ2n) is 8.31. The average molecular weight is 395 g/mol. The average Bonchev–Trinajstić information content (AvgIpc) is 3.46. The number of hydrogen-bond acceptors (Lipinski definition) is 5. The number of hydrogen-bond donors (Lipinski definition) is 3. The smallest absolute Gasteiger partial charge is 0.241 e. The van der Waals surface area contributed by atoms with Gasteiger partial charge in [0.2, 0.25) is 5.91 Å². The predicted molar refractivity (Wildman–Crippen MR) is 113 cm³/mol. The molecule has 2 fully saturated rings. The molecule has 1 saturated carbocycles. The Hall–Kier alpha value is -2.28. The zero-order chi connectivity index (χ0) is 20.3. The lowest BCUT2D eigenvalue weighted by Crippen LogP contribution is -2.38. The van der Waals surface area contributed by atoms with E-state index in [-0.39, 0.29) is 18.1 Å². The van der Waals surface area contributed by atoms with Crippen LogP contribution in [0.25, 0.3) is 0 Å². The number of carbonyl (C=O) groups excluding carboxylic acids is 1. The summed E-state index contributed by atoms with van der Waals surface area (Å²) in [7, 11) is 1.68. The van der Waals surface area contributed by atoms with Gasteiger partial charge >= 0.3 is 0 Å². The van der Waals surface area contributed by atoms with E-state index in [0.717, 1.165) is 35.6 Å². The Kier molecular flexibility index (Phi) is 5.94. The number of ether oxygens (including phenoxy) is 1. The molecule has 3 atom stereocenters. The second-order valence-corrected chi connectivity index (χ2v) is 8.31. The molecule has 1 aromatic heterocycles. The van der Waals surface area contributed by atoms with Crippen molar-refractivity contribution in [3.05, 3.63) is 59.9 Å². The first kappa shape index (κ1) is 20.0. The first-order chi connectivity index (χ1) is 14.1. The lowest BCUT2D eigenvalue weighted by molar-refractivity contribution is -0.118. The number of methoxy groups -OCH3 is 1. The van der Waals surface area contributed by atoms with Gasteiger partial charge in [-0.2, -0.15) is 0 Å². The van der Waals surface area contributed by atoms with Gasteiger partial charge in [-0.1, -0.05) is 25.0 Å². The quantitative estimate of drug-likeness (QED) is 0.641. The molecular weight excluding hydrogens is 364 g/mol. The number of pyridine rings is 1. The summed E-state index contributed by atoms with van der Waals surface area (Å²) in [6.07, 6.45) is 8.94. The molecule has 0 bridgehead atoms. The fraction of sp³-hybridized carbons (Fsp3) is 0.478. The molecule has 154 valence electrons. The van der Waals surface area contributed by atoms with Gasteiger partial charge in [0.1, 0.15) is 0 Å². The van der Waals surface area contributed by atoms with E-state index in [1.54, 1.807) is 19.5 Å². The largest absolute Gasteiger partial charge is 0.380 e. The number of amides is 1. The van der Waals surface area contributed by atoms with Crippen LogP contribution < -0.4 is 16.4 Å². The molecule has 6 nitrogen and oxygen atoms in total. The van der Waals surface area contributed by atoms with Crippen LogP contribution in [0.15, 0.2) is 48.8 Å². The zero-order valence-electron chi connectivity index (χ0n) is 16.9. The maximum absolute atomic E-state index is 12.7. The number of nitrogens with two attached hydrogens (primary N) is 1. The zero-order valence-corrected chi connectivity index (χ0v) is 16.9. The summed E-state index contributed by atoms with van der Waals surface area (Å²) in [5, 5.41) is 6.26. The highest BCUT2D eigenvalue weighted by Crippen LogP contribution is 2.40. The lowest BCUT2D eigenvalue weighted by Gasteiger charge is -2.31. The third-order valence-electron chi connectivity index (χ3n) is 6.22. The van der Waals surface area contributed by atoms with Gasteiger partial charge < -0.3 is 21.1 Å². The van der Waals surface area contributed by atoms with Crippen molar-refractivity contribution in [3.63, 3.8) is 0 Å².